The Morgan fingerprint density at radius 1 is 0.756 bits per heavy atom. The van der Waals surface area contributed by atoms with Gasteiger partial charge in [0, 0.05) is 49.3 Å². The highest BCUT2D eigenvalue weighted by Gasteiger charge is 2.39. The molecule has 3 aromatic carbocycles. The molecular weight excluding hydrogens is 564 g/mol. The van der Waals surface area contributed by atoms with E-state index in [-0.39, 0.29) is 18.2 Å². The van der Waals surface area contributed by atoms with Gasteiger partial charge in [0.25, 0.3) is 0 Å². The van der Waals surface area contributed by atoms with Gasteiger partial charge >= 0.3 is 0 Å². The van der Waals surface area contributed by atoms with Crippen molar-refractivity contribution in [3.63, 3.8) is 0 Å². The summed E-state index contributed by atoms with van der Waals surface area (Å²) in [7, 11) is 9.50. The molecule has 0 heterocycles. The SMILES string of the molecule is CCC(Cc1ccccc1)(C(=O)c1ccc(NCCCOC)cc1)N(C)C.CN(C)C(C)(C)C(=O)c1ccc(NCCO)cc1. The number of rotatable bonds is 17. The van der Waals surface area contributed by atoms with E-state index in [1.165, 1.54) is 5.56 Å². The third kappa shape index (κ3) is 10.8. The number of carbonyl (C=O) groups excluding carboxylic acids is 2. The van der Waals surface area contributed by atoms with Gasteiger partial charge in [0.15, 0.2) is 11.6 Å². The van der Waals surface area contributed by atoms with Crippen LogP contribution in [0.15, 0.2) is 78.9 Å². The topological polar surface area (TPSA) is 94.1 Å². The van der Waals surface area contributed by atoms with E-state index < -0.39 is 11.1 Å². The number of aliphatic hydroxyl groups excluding tert-OH is 1. The summed E-state index contributed by atoms with van der Waals surface area (Å²) in [4.78, 5) is 29.8. The summed E-state index contributed by atoms with van der Waals surface area (Å²) in [6.07, 6.45) is 2.41. The number of hydrogen-bond donors (Lipinski definition) is 3. The second kappa shape index (κ2) is 18.4. The molecule has 0 bridgehead atoms. The maximum atomic E-state index is 13.5. The van der Waals surface area contributed by atoms with Gasteiger partial charge < -0.3 is 20.5 Å². The van der Waals surface area contributed by atoms with Crippen molar-refractivity contribution in [3.05, 3.63) is 95.6 Å². The molecule has 45 heavy (non-hydrogen) atoms. The van der Waals surface area contributed by atoms with Gasteiger partial charge in [-0.1, -0.05) is 37.3 Å². The van der Waals surface area contributed by atoms with Gasteiger partial charge in [-0.25, -0.2) is 0 Å². The average Bonchev–Trinajstić information content (AvgIpc) is 3.05. The number of aliphatic hydroxyl groups is 1. The molecule has 0 saturated heterocycles. The first kappa shape index (κ1) is 37.6. The molecule has 0 amide bonds. The van der Waals surface area contributed by atoms with E-state index in [0.29, 0.717) is 18.5 Å². The molecule has 0 aliphatic rings. The van der Waals surface area contributed by atoms with Gasteiger partial charge in [-0.3, -0.25) is 19.4 Å². The van der Waals surface area contributed by atoms with Gasteiger partial charge in [0.05, 0.1) is 17.7 Å². The normalized spacial score (nSPS) is 12.7. The predicted molar refractivity (Wildman–Crippen MR) is 187 cm³/mol. The monoisotopic (exact) mass is 618 g/mol. The molecule has 0 fully saturated rings. The minimum Gasteiger partial charge on any atom is -0.395 e. The molecule has 0 aliphatic heterocycles. The summed E-state index contributed by atoms with van der Waals surface area (Å²) >= 11 is 0. The van der Waals surface area contributed by atoms with Crippen molar-refractivity contribution in [1.29, 1.82) is 0 Å². The summed E-state index contributed by atoms with van der Waals surface area (Å²) in [5.41, 5.74) is 3.50. The lowest BCUT2D eigenvalue weighted by molar-refractivity contribution is 0.0666. The molecule has 0 spiro atoms. The van der Waals surface area contributed by atoms with Gasteiger partial charge in [-0.15, -0.1) is 0 Å². The number of Topliss-reactive ketones (excluding diaryl/α,β-unsaturated/α-hetero) is 2. The smallest absolute Gasteiger partial charge is 0.183 e. The van der Waals surface area contributed by atoms with Gasteiger partial charge in [0.1, 0.15) is 0 Å². The van der Waals surface area contributed by atoms with Crippen LogP contribution in [0.3, 0.4) is 0 Å². The molecule has 8 heteroatoms. The molecule has 3 rings (SSSR count). The molecule has 0 aliphatic carbocycles. The van der Waals surface area contributed by atoms with Crippen LogP contribution in [0.25, 0.3) is 0 Å². The molecule has 3 N–H and O–H groups in total. The number of ketones is 2. The Morgan fingerprint density at radius 2 is 1.27 bits per heavy atom. The van der Waals surface area contributed by atoms with E-state index in [1.807, 2.05) is 114 Å². The Morgan fingerprint density at radius 3 is 1.71 bits per heavy atom. The Hall–Kier alpha value is -3.56. The fourth-order valence-electron chi connectivity index (χ4n) is 4.93. The summed E-state index contributed by atoms with van der Waals surface area (Å²) in [5.74, 6) is 0.269. The van der Waals surface area contributed by atoms with E-state index in [9.17, 15) is 9.59 Å². The number of ether oxygens (including phenoxy) is 1. The van der Waals surface area contributed by atoms with Crippen molar-refractivity contribution in [2.45, 2.75) is 51.1 Å². The number of benzene rings is 3. The minimum atomic E-state index is -0.547. The van der Waals surface area contributed by atoms with Crippen LogP contribution in [0.4, 0.5) is 11.4 Å². The quantitative estimate of drug-likeness (QED) is 0.128. The van der Waals surface area contributed by atoms with Crippen LogP contribution in [0, 0.1) is 0 Å². The maximum absolute atomic E-state index is 13.5. The number of hydrogen-bond acceptors (Lipinski definition) is 8. The maximum Gasteiger partial charge on any atom is 0.183 e. The lowest BCUT2D eigenvalue weighted by Crippen LogP contribution is -2.52. The van der Waals surface area contributed by atoms with Crippen LogP contribution >= 0.6 is 0 Å². The molecule has 0 aromatic heterocycles. The Bertz CT molecular complexity index is 1290. The third-order valence-corrected chi connectivity index (χ3v) is 8.47. The van der Waals surface area contributed by atoms with Crippen molar-refractivity contribution < 1.29 is 19.4 Å². The minimum absolute atomic E-state index is 0.0916. The highest BCUT2D eigenvalue weighted by atomic mass is 16.5. The molecule has 8 nitrogen and oxygen atoms in total. The molecule has 0 radical (unpaired) electrons. The molecular formula is C37H54N4O4. The summed E-state index contributed by atoms with van der Waals surface area (Å²) in [6, 6.07) is 25.4. The summed E-state index contributed by atoms with van der Waals surface area (Å²) in [6.45, 7) is 8.11. The van der Waals surface area contributed by atoms with Gasteiger partial charge in [-0.05, 0) is 115 Å². The predicted octanol–water partition coefficient (Wildman–Crippen LogP) is 5.88. The van der Waals surface area contributed by atoms with Crippen molar-refractivity contribution in [1.82, 2.24) is 9.80 Å². The highest BCUT2D eigenvalue weighted by Crippen LogP contribution is 2.28. The van der Waals surface area contributed by atoms with Crippen LogP contribution in [-0.4, -0.2) is 99.2 Å². The van der Waals surface area contributed by atoms with Crippen LogP contribution in [0.1, 0.15) is 59.9 Å². The molecule has 1 unspecified atom stereocenters. The molecule has 246 valence electrons. The summed E-state index contributed by atoms with van der Waals surface area (Å²) < 4.78 is 5.06. The first-order valence-electron chi connectivity index (χ1n) is 15.7. The number of nitrogens with zero attached hydrogens (tertiary/aromatic N) is 2. The molecule has 1 atom stereocenters. The highest BCUT2D eigenvalue weighted by molar-refractivity contribution is 6.04. The number of nitrogens with one attached hydrogen (secondary N) is 2. The second-order valence-corrected chi connectivity index (χ2v) is 12.1. The van der Waals surface area contributed by atoms with Gasteiger partial charge in [-0.2, -0.15) is 0 Å². The van der Waals surface area contributed by atoms with E-state index in [2.05, 4.69) is 34.6 Å². The Kier molecular flexibility index (Phi) is 15.4. The number of methoxy groups -OCH3 is 1. The third-order valence-electron chi connectivity index (χ3n) is 8.47. The van der Waals surface area contributed by atoms with Crippen LogP contribution in [0.2, 0.25) is 0 Å². The van der Waals surface area contributed by atoms with E-state index in [1.54, 1.807) is 7.11 Å². The zero-order chi connectivity index (χ0) is 33.5. The zero-order valence-corrected chi connectivity index (χ0v) is 28.5. The van der Waals surface area contributed by atoms with Crippen molar-refractivity contribution in [3.8, 4) is 0 Å². The van der Waals surface area contributed by atoms with Crippen molar-refractivity contribution in [2.75, 3.05) is 72.2 Å². The van der Waals surface area contributed by atoms with Crippen molar-refractivity contribution >= 4 is 22.9 Å². The lowest BCUT2D eigenvalue weighted by atomic mass is 9.80. The fourth-order valence-corrected chi connectivity index (χ4v) is 4.93. The summed E-state index contributed by atoms with van der Waals surface area (Å²) in [5, 5.41) is 15.1. The first-order valence-corrected chi connectivity index (χ1v) is 15.7. The lowest BCUT2D eigenvalue weighted by Gasteiger charge is -2.38. The Labute approximate surface area is 270 Å². The zero-order valence-electron chi connectivity index (χ0n) is 28.5. The number of carbonyl (C=O) groups is 2. The first-order chi connectivity index (χ1) is 21.4. The van der Waals surface area contributed by atoms with Crippen LogP contribution in [0.5, 0.6) is 0 Å². The van der Waals surface area contributed by atoms with E-state index in [0.717, 1.165) is 42.9 Å². The molecule has 3 aromatic rings. The number of anilines is 2. The fraction of sp³-hybridized carbons (Fsp3) is 0.459. The van der Waals surface area contributed by atoms with E-state index in [4.69, 9.17) is 9.84 Å². The Balaban J connectivity index is 0.000000341. The standard InChI is InChI=1S/C23H32N2O2.C14H22N2O2/c1-5-23(25(2)3,18-19-10-7-6-8-11-19)22(26)20-12-14-21(15-13-20)24-16-9-17-27-4;1-14(2,16(3)4)13(18)11-5-7-12(8-6-11)15-9-10-17/h6-8,10-15,24H,5,9,16-18H2,1-4H3;5-8,15,17H,9-10H2,1-4H3. The average molecular weight is 619 g/mol. The van der Waals surface area contributed by atoms with Crippen LogP contribution in [-0.2, 0) is 11.2 Å². The van der Waals surface area contributed by atoms with Crippen molar-refractivity contribution in [2.24, 2.45) is 0 Å². The van der Waals surface area contributed by atoms with Gasteiger partial charge in [0.2, 0.25) is 0 Å². The van der Waals surface area contributed by atoms with E-state index >= 15 is 0 Å². The largest absolute Gasteiger partial charge is 0.395 e. The number of likely N-dealkylation sites (N-methyl/N-ethyl adjacent to an activating group) is 2. The van der Waals surface area contributed by atoms with Crippen LogP contribution < -0.4 is 10.6 Å². The second-order valence-electron chi connectivity index (χ2n) is 12.1. The molecule has 0 saturated carbocycles.